The third-order valence-corrected chi connectivity index (χ3v) is 2.63. The molecule has 0 fully saturated rings. The molecular weight excluding hydrogens is 200 g/mol. The second-order valence-electron chi connectivity index (χ2n) is 3.71. The van der Waals surface area contributed by atoms with Crippen LogP contribution >= 0.6 is 0 Å². The van der Waals surface area contributed by atoms with Gasteiger partial charge in [0.15, 0.2) is 0 Å². The summed E-state index contributed by atoms with van der Waals surface area (Å²) in [5.41, 5.74) is 3.40. The molecule has 2 heterocycles. The highest BCUT2D eigenvalue weighted by molar-refractivity contribution is 5.90. The Hall–Kier alpha value is -2.23. The summed E-state index contributed by atoms with van der Waals surface area (Å²) in [6, 6.07) is 8.15. The van der Waals surface area contributed by atoms with Crippen molar-refractivity contribution in [2.45, 2.75) is 6.54 Å². The minimum atomic E-state index is 0.813. The van der Waals surface area contributed by atoms with Gasteiger partial charge in [-0.05, 0) is 23.8 Å². The van der Waals surface area contributed by atoms with Gasteiger partial charge in [-0.2, -0.15) is 5.10 Å². The number of hydrogen-bond acceptors (Lipinski definition) is 2. The third kappa shape index (κ3) is 1.54. The van der Waals surface area contributed by atoms with E-state index in [2.05, 4.69) is 32.6 Å². The molecule has 80 valence electrons. The van der Waals surface area contributed by atoms with Crippen LogP contribution in [0.25, 0.3) is 10.9 Å². The molecule has 0 aliphatic heterocycles. The third-order valence-electron chi connectivity index (χ3n) is 2.63. The second-order valence-corrected chi connectivity index (χ2v) is 3.71. The molecule has 0 atom stereocenters. The van der Waals surface area contributed by atoms with Crippen LogP contribution < -0.4 is 5.32 Å². The number of aromatic nitrogens is 3. The van der Waals surface area contributed by atoms with Gasteiger partial charge in [-0.1, -0.05) is 6.07 Å². The van der Waals surface area contributed by atoms with Crippen LogP contribution in [0.5, 0.6) is 0 Å². The summed E-state index contributed by atoms with van der Waals surface area (Å²) in [5, 5.41) is 11.5. The van der Waals surface area contributed by atoms with Crippen LogP contribution in [0, 0.1) is 0 Å². The Bertz CT molecular complexity index is 580. The van der Waals surface area contributed by atoms with Crippen molar-refractivity contribution in [3.63, 3.8) is 0 Å². The fourth-order valence-electron chi connectivity index (χ4n) is 1.79. The summed E-state index contributed by atoms with van der Waals surface area (Å²) < 4.78 is 0. The summed E-state index contributed by atoms with van der Waals surface area (Å²) in [4.78, 5) is 3.04. The molecule has 0 amide bonds. The Labute approximate surface area is 92.7 Å². The average molecular weight is 212 g/mol. The van der Waals surface area contributed by atoms with Gasteiger partial charge in [0, 0.05) is 30.0 Å². The van der Waals surface area contributed by atoms with Gasteiger partial charge < -0.3 is 10.3 Å². The molecule has 1 aromatic carbocycles. The maximum Gasteiger partial charge on any atom is 0.0671 e. The van der Waals surface area contributed by atoms with Crippen molar-refractivity contribution in [2.24, 2.45) is 0 Å². The van der Waals surface area contributed by atoms with Gasteiger partial charge in [0.25, 0.3) is 0 Å². The van der Waals surface area contributed by atoms with E-state index in [9.17, 15) is 0 Å². The van der Waals surface area contributed by atoms with E-state index in [-0.39, 0.29) is 0 Å². The number of fused-ring (bicyclic) bond motifs is 1. The molecular formula is C12H12N4. The molecule has 3 aromatic rings. The molecule has 3 N–H and O–H groups in total. The van der Waals surface area contributed by atoms with E-state index in [4.69, 9.17) is 0 Å². The molecule has 4 nitrogen and oxygen atoms in total. The Morgan fingerprint density at radius 3 is 3.12 bits per heavy atom. The number of H-pyrrole nitrogens is 2. The van der Waals surface area contributed by atoms with Crippen LogP contribution in [0.2, 0.25) is 0 Å². The van der Waals surface area contributed by atoms with Crippen molar-refractivity contribution in [1.82, 2.24) is 15.2 Å². The summed E-state index contributed by atoms with van der Waals surface area (Å²) in [6.07, 6.45) is 5.76. The fraction of sp³-hybridized carbons (Fsp3) is 0.0833. The minimum Gasteiger partial charge on any atom is -0.380 e. The van der Waals surface area contributed by atoms with Crippen LogP contribution in [0.1, 0.15) is 5.56 Å². The topological polar surface area (TPSA) is 56.5 Å². The van der Waals surface area contributed by atoms with Crippen molar-refractivity contribution < 1.29 is 0 Å². The Balaban J connectivity index is 1.86. The molecule has 0 saturated carbocycles. The standard InChI is InChI=1S/C12H12N4/c1-2-11(10-8-15-16-12(10)3-1)14-7-9-4-5-13-6-9/h1-6,8,13-14H,7H2,(H,15,16). The zero-order valence-corrected chi connectivity index (χ0v) is 8.70. The Morgan fingerprint density at radius 1 is 1.25 bits per heavy atom. The highest BCUT2D eigenvalue weighted by atomic mass is 15.1. The van der Waals surface area contributed by atoms with Gasteiger partial charge >= 0.3 is 0 Å². The lowest BCUT2D eigenvalue weighted by Gasteiger charge is -2.05. The van der Waals surface area contributed by atoms with Crippen LogP contribution in [-0.2, 0) is 6.54 Å². The lowest BCUT2D eigenvalue weighted by atomic mass is 10.2. The monoisotopic (exact) mass is 212 g/mol. The van der Waals surface area contributed by atoms with Crippen LogP contribution in [0.4, 0.5) is 5.69 Å². The SMILES string of the molecule is c1cc(NCc2cc[nH]c2)c2cn[nH]c2c1. The van der Waals surface area contributed by atoms with Crippen LogP contribution in [0.15, 0.2) is 42.9 Å². The number of hydrogen-bond donors (Lipinski definition) is 3. The molecule has 3 rings (SSSR count). The van der Waals surface area contributed by atoms with E-state index in [1.165, 1.54) is 5.56 Å². The first-order valence-corrected chi connectivity index (χ1v) is 5.21. The first kappa shape index (κ1) is 9.03. The molecule has 0 saturated heterocycles. The zero-order valence-electron chi connectivity index (χ0n) is 8.70. The summed E-state index contributed by atoms with van der Waals surface area (Å²) >= 11 is 0. The van der Waals surface area contributed by atoms with Crippen molar-refractivity contribution in [2.75, 3.05) is 5.32 Å². The summed E-state index contributed by atoms with van der Waals surface area (Å²) in [6.45, 7) is 0.813. The molecule has 16 heavy (non-hydrogen) atoms. The van der Waals surface area contributed by atoms with Crippen LogP contribution in [-0.4, -0.2) is 15.2 Å². The van der Waals surface area contributed by atoms with E-state index in [1.807, 2.05) is 30.7 Å². The molecule has 0 unspecified atom stereocenters. The first-order chi connectivity index (χ1) is 7.93. The molecule has 4 heteroatoms. The predicted octanol–water partition coefficient (Wildman–Crippen LogP) is 2.50. The molecule has 0 aliphatic carbocycles. The maximum absolute atomic E-state index is 4.04. The number of aromatic amines is 2. The Morgan fingerprint density at radius 2 is 2.25 bits per heavy atom. The molecule has 0 spiro atoms. The van der Waals surface area contributed by atoms with Crippen LogP contribution in [0.3, 0.4) is 0 Å². The van der Waals surface area contributed by atoms with Gasteiger partial charge in [0.05, 0.1) is 11.7 Å². The molecule has 2 aromatic heterocycles. The fourth-order valence-corrected chi connectivity index (χ4v) is 1.79. The number of anilines is 1. The normalized spacial score (nSPS) is 10.8. The van der Waals surface area contributed by atoms with Gasteiger partial charge in [0.1, 0.15) is 0 Å². The molecule has 0 radical (unpaired) electrons. The smallest absolute Gasteiger partial charge is 0.0671 e. The maximum atomic E-state index is 4.04. The van der Waals surface area contributed by atoms with Crippen molar-refractivity contribution in [3.05, 3.63) is 48.4 Å². The highest BCUT2D eigenvalue weighted by Gasteiger charge is 2.01. The second kappa shape index (κ2) is 3.73. The minimum absolute atomic E-state index is 0.813. The number of rotatable bonds is 3. The van der Waals surface area contributed by atoms with Gasteiger partial charge in [-0.3, -0.25) is 5.10 Å². The van der Waals surface area contributed by atoms with E-state index >= 15 is 0 Å². The lowest BCUT2D eigenvalue weighted by molar-refractivity contribution is 1.12. The number of nitrogens with one attached hydrogen (secondary N) is 3. The average Bonchev–Trinajstić information content (AvgIpc) is 2.97. The predicted molar refractivity (Wildman–Crippen MR) is 64.2 cm³/mol. The van der Waals surface area contributed by atoms with E-state index in [1.54, 1.807) is 0 Å². The summed E-state index contributed by atoms with van der Waals surface area (Å²) in [7, 11) is 0. The number of nitrogens with zero attached hydrogens (tertiary/aromatic N) is 1. The first-order valence-electron chi connectivity index (χ1n) is 5.21. The van der Waals surface area contributed by atoms with E-state index in [0.29, 0.717) is 0 Å². The quantitative estimate of drug-likeness (QED) is 0.624. The van der Waals surface area contributed by atoms with Gasteiger partial charge in [0.2, 0.25) is 0 Å². The Kier molecular flexibility index (Phi) is 2.11. The molecule has 0 bridgehead atoms. The summed E-state index contributed by atoms with van der Waals surface area (Å²) in [5.74, 6) is 0. The van der Waals surface area contributed by atoms with Gasteiger partial charge in [-0.25, -0.2) is 0 Å². The van der Waals surface area contributed by atoms with Gasteiger partial charge in [-0.15, -0.1) is 0 Å². The van der Waals surface area contributed by atoms with E-state index < -0.39 is 0 Å². The largest absolute Gasteiger partial charge is 0.380 e. The lowest BCUT2D eigenvalue weighted by Crippen LogP contribution is -1.98. The van der Waals surface area contributed by atoms with Crippen molar-refractivity contribution in [3.8, 4) is 0 Å². The zero-order chi connectivity index (χ0) is 10.8. The van der Waals surface area contributed by atoms with Crippen molar-refractivity contribution >= 4 is 16.6 Å². The van der Waals surface area contributed by atoms with Crippen molar-refractivity contribution in [1.29, 1.82) is 0 Å². The molecule has 0 aliphatic rings. The van der Waals surface area contributed by atoms with E-state index in [0.717, 1.165) is 23.1 Å². The highest BCUT2D eigenvalue weighted by Crippen LogP contribution is 2.21. The number of benzene rings is 1.